The maximum Gasteiger partial charge on any atom is 0.0164 e. The first-order valence-corrected chi connectivity index (χ1v) is 5.01. The summed E-state index contributed by atoms with van der Waals surface area (Å²) in [6, 6.07) is 0. The van der Waals surface area contributed by atoms with Crippen molar-refractivity contribution in [3.63, 3.8) is 0 Å². The highest BCUT2D eigenvalue weighted by molar-refractivity contribution is 4.83. The molecule has 0 unspecified atom stereocenters. The quantitative estimate of drug-likeness (QED) is 0.619. The maximum absolute atomic E-state index is 3.77. The largest absolute Gasteiger partial charge is 0.316 e. The minimum atomic E-state index is 0.819. The van der Waals surface area contributed by atoms with Crippen molar-refractivity contribution in [1.82, 2.24) is 10.2 Å². The van der Waals surface area contributed by atoms with Crippen molar-refractivity contribution in [2.45, 2.75) is 6.42 Å². The molecule has 1 heterocycles. The van der Waals surface area contributed by atoms with E-state index in [-0.39, 0.29) is 0 Å². The van der Waals surface area contributed by atoms with Gasteiger partial charge in [-0.2, -0.15) is 0 Å². The molecular weight excluding hydrogens is 160 g/mol. The molecule has 0 spiro atoms. The Balaban J connectivity index is 2.26. The highest BCUT2D eigenvalue weighted by atomic mass is 15.1. The van der Waals surface area contributed by atoms with Gasteiger partial charge in [0.2, 0.25) is 0 Å². The van der Waals surface area contributed by atoms with E-state index in [0.717, 1.165) is 19.0 Å². The van der Waals surface area contributed by atoms with E-state index >= 15 is 0 Å². The maximum atomic E-state index is 3.77. The van der Waals surface area contributed by atoms with E-state index in [1.54, 1.807) is 0 Å². The summed E-state index contributed by atoms with van der Waals surface area (Å²) in [7, 11) is 0. The van der Waals surface area contributed by atoms with Crippen molar-refractivity contribution in [2.24, 2.45) is 5.92 Å². The predicted octanol–water partition coefficient (Wildman–Crippen LogP) is 1.27. The lowest BCUT2D eigenvalue weighted by molar-refractivity contribution is 0.285. The lowest BCUT2D eigenvalue weighted by Crippen LogP contribution is -2.30. The van der Waals surface area contributed by atoms with Gasteiger partial charge in [-0.25, -0.2) is 0 Å². The molecule has 2 nitrogen and oxygen atoms in total. The zero-order chi connectivity index (χ0) is 9.52. The van der Waals surface area contributed by atoms with Gasteiger partial charge in [-0.05, 0) is 25.4 Å². The molecule has 0 saturated carbocycles. The molecule has 1 saturated heterocycles. The fraction of sp³-hybridized carbons (Fsp3) is 0.636. The molecule has 2 heteroatoms. The normalized spacial score (nSPS) is 22.1. The average molecular weight is 180 g/mol. The van der Waals surface area contributed by atoms with Crippen molar-refractivity contribution in [2.75, 3.05) is 32.7 Å². The molecule has 0 radical (unpaired) electrons. The second-order valence-corrected chi connectivity index (χ2v) is 3.65. The smallest absolute Gasteiger partial charge is 0.0164 e. The van der Waals surface area contributed by atoms with E-state index in [1.807, 2.05) is 12.2 Å². The number of rotatable bonds is 6. The van der Waals surface area contributed by atoms with E-state index < -0.39 is 0 Å². The molecule has 1 fully saturated rings. The van der Waals surface area contributed by atoms with Gasteiger partial charge in [0.15, 0.2) is 0 Å². The Kier molecular flexibility index (Phi) is 4.79. The molecular formula is C11H20N2. The van der Waals surface area contributed by atoms with Crippen LogP contribution >= 0.6 is 0 Å². The van der Waals surface area contributed by atoms with E-state index in [2.05, 4.69) is 23.4 Å². The van der Waals surface area contributed by atoms with Crippen molar-refractivity contribution in [3.8, 4) is 0 Å². The van der Waals surface area contributed by atoms with Crippen LogP contribution in [0.1, 0.15) is 6.42 Å². The Morgan fingerprint density at radius 3 is 2.46 bits per heavy atom. The third-order valence-corrected chi connectivity index (χ3v) is 2.45. The summed E-state index contributed by atoms with van der Waals surface area (Å²) in [5.74, 6) is 0.819. The molecule has 1 rings (SSSR count). The van der Waals surface area contributed by atoms with Gasteiger partial charge in [0.25, 0.3) is 0 Å². The van der Waals surface area contributed by atoms with Crippen LogP contribution in [0.15, 0.2) is 25.3 Å². The fourth-order valence-corrected chi connectivity index (χ4v) is 1.82. The zero-order valence-corrected chi connectivity index (χ0v) is 8.34. The van der Waals surface area contributed by atoms with Crippen LogP contribution in [0.5, 0.6) is 0 Å². The van der Waals surface area contributed by atoms with Crippen LogP contribution in [0.2, 0.25) is 0 Å². The van der Waals surface area contributed by atoms with Gasteiger partial charge >= 0.3 is 0 Å². The summed E-state index contributed by atoms with van der Waals surface area (Å²) >= 11 is 0. The predicted molar refractivity (Wildman–Crippen MR) is 57.8 cm³/mol. The summed E-state index contributed by atoms with van der Waals surface area (Å²) in [5, 5.41) is 3.38. The Morgan fingerprint density at radius 1 is 1.31 bits per heavy atom. The van der Waals surface area contributed by atoms with Crippen LogP contribution in [0.25, 0.3) is 0 Å². The average Bonchev–Trinajstić information content (AvgIpc) is 2.58. The third-order valence-electron chi connectivity index (χ3n) is 2.45. The molecule has 0 aliphatic carbocycles. The molecule has 0 amide bonds. The van der Waals surface area contributed by atoms with Gasteiger partial charge in [-0.3, -0.25) is 4.90 Å². The summed E-state index contributed by atoms with van der Waals surface area (Å²) in [6.07, 6.45) is 5.24. The van der Waals surface area contributed by atoms with Gasteiger partial charge in [0.1, 0.15) is 0 Å². The van der Waals surface area contributed by atoms with Crippen molar-refractivity contribution < 1.29 is 0 Å². The first-order valence-electron chi connectivity index (χ1n) is 5.01. The van der Waals surface area contributed by atoms with Crippen LogP contribution in [0.3, 0.4) is 0 Å². The van der Waals surface area contributed by atoms with E-state index in [9.17, 15) is 0 Å². The van der Waals surface area contributed by atoms with Gasteiger partial charge in [-0.15, -0.1) is 13.2 Å². The van der Waals surface area contributed by atoms with Crippen LogP contribution in [0.4, 0.5) is 0 Å². The summed E-state index contributed by atoms with van der Waals surface area (Å²) in [4.78, 5) is 2.39. The Labute approximate surface area is 81.3 Å². The summed E-state index contributed by atoms with van der Waals surface area (Å²) in [6.45, 7) is 13.0. The van der Waals surface area contributed by atoms with Gasteiger partial charge in [-0.1, -0.05) is 12.2 Å². The lowest BCUT2D eigenvalue weighted by Gasteiger charge is -2.22. The second kappa shape index (κ2) is 5.95. The SMILES string of the molecule is C=CCN(CC=C)C[C@@H]1CCNC1. The highest BCUT2D eigenvalue weighted by Gasteiger charge is 2.16. The topological polar surface area (TPSA) is 15.3 Å². The van der Waals surface area contributed by atoms with Crippen molar-refractivity contribution in [3.05, 3.63) is 25.3 Å². The molecule has 74 valence electrons. The molecule has 0 aromatic rings. The Morgan fingerprint density at radius 2 is 2.00 bits per heavy atom. The summed E-state index contributed by atoms with van der Waals surface area (Å²) < 4.78 is 0. The number of hydrogen-bond acceptors (Lipinski definition) is 2. The van der Waals surface area contributed by atoms with Crippen LogP contribution in [0, 0.1) is 5.92 Å². The van der Waals surface area contributed by atoms with Gasteiger partial charge < -0.3 is 5.32 Å². The molecule has 1 N–H and O–H groups in total. The molecule has 1 aliphatic rings. The van der Waals surface area contributed by atoms with Crippen LogP contribution < -0.4 is 5.32 Å². The molecule has 1 aliphatic heterocycles. The third kappa shape index (κ3) is 3.75. The van der Waals surface area contributed by atoms with Gasteiger partial charge in [0.05, 0.1) is 0 Å². The second-order valence-electron chi connectivity index (χ2n) is 3.65. The van der Waals surface area contributed by atoms with Crippen molar-refractivity contribution in [1.29, 1.82) is 0 Å². The Hall–Kier alpha value is -0.600. The number of hydrogen-bond donors (Lipinski definition) is 1. The zero-order valence-electron chi connectivity index (χ0n) is 8.34. The number of nitrogens with one attached hydrogen (secondary N) is 1. The Bertz CT molecular complexity index is 149. The minimum Gasteiger partial charge on any atom is -0.316 e. The van der Waals surface area contributed by atoms with E-state index in [4.69, 9.17) is 0 Å². The summed E-state index contributed by atoms with van der Waals surface area (Å²) in [5.41, 5.74) is 0. The molecule has 13 heavy (non-hydrogen) atoms. The molecule has 1 atom stereocenters. The monoisotopic (exact) mass is 180 g/mol. The standard InChI is InChI=1S/C11H20N2/c1-3-7-13(8-4-2)10-11-5-6-12-9-11/h3-4,11-12H,1-2,5-10H2/t11-/m1/s1. The molecule has 0 bridgehead atoms. The number of nitrogens with zero attached hydrogens (tertiary/aromatic N) is 1. The first kappa shape index (κ1) is 10.5. The molecule has 0 aromatic carbocycles. The highest BCUT2D eigenvalue weighted by Crippen LogP contribution is 2.09. The lowest BCUT2D eigenvalue weighted by atomic mass is 10.1. The fourth-order valence-electron chi connectivity index (χ4n) is 1.82. The van der Waals surface area contributed by atoms with E-state index in [0.29, 0.717) is 0 Å². The molecule has 0 aromatic heterocycles. The van der Waals surface area contributed by atoms with Crippen LogP contribution in [-0.4, -0.2) is 37.6 Å². The van der Waals surface area contributed by atoms with Crippen molar-refractivity contribution >= 4 is 0 Å². The van der Waals surface area contributed by atoms with Gasteiger partial charge in [0, 0.05) is 19.6 Å². The first-order chi connectivity index (χ1) is 6.36. The minimum absolute atomic E-state index is 0.819. The van der Waals surface area contributed by atoms with Crippen LogP contribution in [-0.2, 0) is 0 Å². The van der Waals surface area contributed by atoms with E-state index in [1.165, 1.54) is 26.1 Å².